The van der Waals surface area contributed by atoms with Crippen LogP contribution in [0.4, 0.5) is 5.69 Å². The fraction of sp³-hybridized carbons (Fsp3) is 0.667. The number of rotatable bonds is 4. The van der Waals surface area contributed by atoms with Crippen LogP contribution in [0.1, 0.15) is 51.0 Å². The summed E-state index contributed by atoms with van der Waals surface area (Å²) in [4.78, 5) is 15.5. The normalized spacial score (nSPS) is 29.8. The van der Waals surface area contributed by atoms with Crippen LogP contribution in [0, 0.1) is 12.3 Å². The van der Waals surface area contributed by atoms with E-state index in [9.17, 15) is 4.79 Å². The van der Waals surface area contributed by atoms with Gasteiger partial charge in [0.25, 0.3) is 0 Å². The second kappa shape index (κ2) is 9.02. The molecule has 0 saturated carbocycles. The summed E-state index contributed by atoms with van der Waals surface area (Å²) in [7, 11) is 0. The van der Waals surface area contributed by atoms with Gasteiger partial charge in [0.05, 0.1) is 5.41 Å². The highest BCUT2D eigenvalue weighted by molar-refractivity contribution is 5.86. The molecule has 0 aromatic heterocycles. The topological polar surface area (TPSA) is 44.4 Å². The van der Waals surface area contributed by atoms with Gasteiger partial charge < -0.3 is 15.5 Å². The van der Waals surface area contributed by atoms with E-state index in [0.717, 1.165) is 45.2 Å². The summed E-state index contributed by atoms with van der Waals surface area (Å²) in [6, 6.07) is 10.0. The summed E-state index contributed by atoms with van der Waals surface area (Å²) in [5.74, 6) is 0.309. The van der Waals surface area contributed by atoms with Gasteiger partial charge in [-0.3, -0.25) is 4.79 Å². The third kappa shape index (κ3) is 4.23. The standard InChI is InChI=1S/C21H31N3O.2ClH/c1-3-21(14-17-7-8-19(21)22-17)20(25)23-16-9-11-24(12-10-16)18-6-4-5-15(2)13-18;;/h4-6,13,16-17,19,22H,3,7-12,14H2,1-2H3,(H,23,25);2*1H/t17-,19+,21+;;/m0../s1. The van der Waals surface area contributed by atoms with Crippen molar-refractivity contribution in [2.45, 2.75) is 70.5 Å². The Labute approximate surface area is 175 Å². The molecule has 6 heteroatoms. The molecule has 2 N–H and O–H groups in total. The van der Waals surface area contributed by atoms with Gasteiger partial charge in [-0.15, -0.1) is 24.8 Å². The molecule has 27 heavy (non-hydrogen) atoms. The predicted octanol–water partition coefficient (Wildman–Crippen LogP) is 3.84. The van der Waals surface area contributed by atoms with E-state index in [1.807, 2.05) is 0 Å². The minimum atomic E-state index is -0.156. The van der Waals surface area contributed by atoms with Crippen LogP contribution >= 0.6 is 24.8 Å². The van der Waals surface area contributed by atoms with Crippen molar-refractivity contribution in [1.82, 2.24) is 10.6 Å². The lowest BCUT2D eigenvalue weighted by Gasteiger charge is -2.38. The van der Waals surface area contributed by atoms with Crippen LogP contribution in [0.25, 0.3) is 0 Å². The average Bonchev–Trinajstić information content (AvgIpc) is 3.24. The smallest absolute Gasteiger partial charge is 0.228 e. The Bertz CT molecular complexity index is 648. The number of hydrogen-bond donors (Lipinski definition) is 2. The van der Waals surface area contributed by atoms with Crippen LogP contribution in [0.5, 0.6) is 0 Å². The van der Waals surface area contributed by atoms with Gasteiger partial charge in [0.1, 0.15) is 0 Å². The van der Waals surface area contributed by atoms with Crippen LogP contribution in [-0.4, -0.2) is 37.1 Å². The fourth-order valence-electron chi connectivity index (χ4n) is 5.24. The van der Waals surface area contributed by atoms with E-state index in [1.165, 1.54) is 17.7 Å². The van der Waals surface area contributed by atoms with E-state index >= 15 is 0 Å². The van der Waals surface area contributed by atoms with Crippen LogP contribution in [0.15, 0.2) is 24.3 Å². The molecule has 0 unspecified atom stereocenters. The Morgan fingerprint density at radius 2 is 1.96 bits per heavy atom. The van der Waals surface area contributed by atoms with Crippen molar-refractivity contribution in [2.75, 3.05) is 18.0 Å². The number of benzene rings is 1. The Morgan fingerprint density at radius 1 is 1.22 bits per heavy atom. The first kappa shape index (κ1) is 22.3. The SMILES string of the molecule is CC[C@@]1(C(=O)NC2CCN(c3cccc(C)c3)CC2)C[C@@H]2CC[C@H]1N2.Cl.Cl. The van der Waals surface area contributed by atoms with Crippen molar-refractivity contribution in [3.05, 3.63) is 29.8 Å². The Kier molecular flexibility index (Phi) is 7.46. The van der Waals surface area contributed by atoms with Crippen molar-refractivity contribution in [1.29, 1.82) is 0 Å². The number of anilines is 1. The predicted molar refractivity (Wildman–Crippen MR) is 116 cm³/mol. The number of hydrogen-bond acceptors (Lipinski definition) is 3. The van der Waals surface area contributed by atoms with Crippen molar-refractivity contribution in [3.63, 3.8) is 0 Å². The highest BCUT2D eigenvalue weighted by Crippen LogP contribution is 2.46. The lowest BCUT2D eigenvalue weighted by Crippen LogP contribution is -2.53. The molecule has 0 aliphatic carbocycles. The summed E-state index contributed by atoms with van der Waals surface area (Å²) in [5, 5.41) is 7.07. The molecule has 152 valence electrons. The van der Waals surface area contributed by atoms with Crippen LogP contribution in [-0.2, 0) is 4.79 Å². The minimum Gasteiger partial charge on any atom is -0.371 e. The number of nitrogens with one attached hydrogen (secondary N) is 2. The lowest BCUT2D eigenvalue weighted by atomic mass is 9.71. The van der Waals surface area contributed by atoms with Gasteiger partial charge >= 0.3 is 0 Å². The highest BCUT2D eigenvalue weighted by Gasteiger charge is 2.54. The van der Waals surface area contributed by atoms with Crippen LogP contribution in [0.3, 0.4) is 0 Å². The zero-order valence-electron chi connectivity index (χ0n) is 16.4. The largest absolute Gasteiger partial charge is 0.371 e. The molecule has 3 aliphatic rings. The molecular weight excluding hydrogens is 381 g/mol. The molecule has 0 spiro atoms. The monoisotopic (exact) mass is 413 g/mol. The van der Waals surface area contributed by atoms with E-state index in [2.05, 4.69) is 53.6 Å². The number of amides is 1. The molecule has 3 atom stereocenters. The molecule has 0 radical (unpaired) electrons. The minimum absolute atomic E-state index is 0. The third-order valence-electron chi connectivity index (χ3n) is 6.80. The highest BCUT2D eigenvalue weighted by atomic mass is 35.5. The molecule has 3 heterocycles. The van der Waals surface area contributed by atoms with Crippen molar-refractivity contribution in [2.24, 2.45) is 5.41 Å². The number of nitrogens with zero attached hydrogens (tertiary/aromatic N) is 1. The molecule has 4 rings (SSSR count). The van der Waals surface area contributed by atoms with Crippen molar-refractivity contribution < 1.29 is 4.79 Å². The molecule has 1 aromatic carbocycles. The molecule has 3 fully saturated rings. The maximum absolute atomic E-state index is 13.1. The van der Waals surface area contributed by atoms with Crippen LogP contribution in [0.2, 0.25) is 0 Å². The van der Waals surface area contributed by atoms with Crippen molar-refractivity contribution in [3.8, 4) is 0 Å². The second-order valence-corrected chi connectivity index (χ2v) is 8.28. The van der Waals surface area contributed by atoms with Crippen molar-refractivity contribution >= 4 is 36.4 Å². The molecular formula is C21H33Cl2N3O. The van der Waals surface area contributed by atoms with E-state index in [-0.39, 0.29) is 30.2 Å². The zero-order chi connectivity index (χ0) is 17.4. The average molecular weight is 414 g/mol. The van der Waals surface area contributed by atoms with Gasteiger partial charge in [-0.25, -0.2) is 0 Å². The molecule has 1 aromatic rings. The van der Waals surface area contributed by atoms with E-state index < -0.39 is 0 Å². The van der Waals surface area contributed by atoms with Gasteiger partial charge in [0, 0.05) is 36.9 Å². The number of carbonyl (C=O) groups is 1. The first-order chi connectivity index (χ1) is 12.1. The summed E-state index contributed by atoms with van der Waals surface area (Å²) < 4.78 is 0. The van der Waals surface area contributed by atoms with Gasteiger partial charge in [-0.2, -0.15) is 0 Å². The fourth-order valence-corrected chi connectivity index (χ4v) is 5.24. The Balaban J connectivity index is 0.00000131. The van der Waals surface area contributed by atoms with E-state index in [4.69, 9.17) is 0 Å². The van der Waals surface area contributed by atoms with Gasteiger partial charge in [0.2, 0.25) is 5.91 Å². The van der Waals surface area contributed by atoms with E-state index in [0.29, 0.717) is 24.0 Å². The van der Waals surface area contributed by atoms with E-state index in [1.54, 1.807) is 0 Å². The zero-order valence-corrected chi connectivity index (χ0v) is 18.0. The third-order valence-corrected chi connectivity index (χ3v) is 6.80. The first-order valence-electron chi connectivity index (χ1n) is 9.99. The first-order valence-corrected chi connectivity index (χ1v) is 9.99. The molecule has 1 amide bonds. The quantitative estimate of drug-likeness (QED) is 0.787. The summed E-state index contributed by atoms with van der Waals surface area (Å²) in [6.07, 6.45) is 6.48. The van der Waals surface area contributed by atoms with Gasteiger partial charge in [-0.1, -0.05) is 19.1 Å². The maximum Gasteiger partial charge on any atom is 0.228 e. The number of carbonyl (C=O) groups excluding carboxylic acids is 1. The maximum atomic E-state index is 13.1. The summed E-state index contributed by atoms with van der Waals surface area (Å²) >= 11 is 0. The Morgan fingerprint density at radius 3 is 2.52 bits per heavy atom. The second-order valence-electron chi connectivity index (χ2n) is 8.28. The molecule has 3 saturated heterocycles. The van der Waals surface area contributed by atoms with Gasteiger partial charge in [0.15, 0.2) is 0 Å². The number of fused-ring (bicyclic) bond motifs is 2. The number of halogens is 2. The number of aryl methyl sites for hydroxylation is 1. The van der Waals surface area contributed by atoms with Crippen LogP contribution < -0.4 is 15.5 Å². The molecule has 2 bridgehead atoms. The Hall–Kier alpha value is -0.970. The lowest BCUT2D eigenvalue weighted by molar-refractivity contribution is -0.133. The summed E-state index contributed by atoms with van der Waals surface area (Å²) in [6.45, 7) is 6.38. The van der Waals surface area contributed by atoms with Gasteiger partial charge in [-0.05, 0) is 63.1 Å². The molecule has 3 aliphatic heterocycles. The number of piperidine rings is 1. The summed E-state index contributed by atoms with van der Waals surface area (Å²) in [5.41, 5.74) is 2.46. The molecule has 4 nitrogen and oxygen atoms in total.